The average molecular weight is 241 g/mol. The maximum Gasteiger partial charge on any atom is 0.232 e. The Morgan fingerprint density at radius 3 is 2.94 bits per heavy atom. The molecule has 17 heavy (non-hydrogen) atoms. The molecular formula is C11H19N3O3. The number of hydrogen-bond acceptors (Lipinski definition) is 6. The van der Waals surface area contributed by atoms with Gasteiger partial charge in [-0.1, -0.05) is 5.16 Å². The van der Waals surface area contributed by atoms with Gasteiger partial charge in [0.2, 0.25) is 5.89 Å². The van der Waals surface area contributed by atoms with Crippen molar-refractivity contribution in [1.29, 1.82) is 0 Å². The number of methoxy groups -OCH3 is 1. The van der Waals surface area contributed by atoms with Gasteiger partial charge in [0, 0.05) is 7.11 Å². The molecule has 6 heteroatoms. The highest BCUT2D eigenvalue weighted by Gasteiger charge is 2.32. The molecule has 0 saturated carbocycles. The van der Waals surface area contributed by atoms with E-state index in [4.69, 9.17) is 19.7 Å². The Hall–Kier alpha value is -0.980. The number of rotatable bonds is 4. The van der Waals surface area contributed by atoms with Gasteiger partial charge >= 0.3 is 0 Å². The minimum Gasteiger partial charge on any atom is -0.382 e. The number of hydrogen-bond donors (Lipinski definition) is 1. The van der Waals surface area contributed by atoms with Crippen LogP contribution in [0, 0.1) is 0 Å². The van der Waals surface area contributed by atoms with Crippen molar-refractivity contribution < 1.29 is 14.0 Å². The average Bonchev–Trinajstić information content (AvgIpc) is 2.85. The van der Waals surface area contributed by atoms with E-state index in [0.29, 0.717) is 24.9 Å². The molecule has 0 aromatic carbocycles. The molecule has 1 aromatic rings. The smallest absolute Gasteiger partial charge is 0.232 e. The van der Waals surface area contributed by atoms with Crippen LogP contribution in [0.1, 0.15) is 37.9 Å². The van der Waals surface area contributed by atoms with Crippen LogP contribution in [-0.4, -0.2) is 36.6 Å². The van der Waals surface area contributed by atoms with Crippen molar-refractivity contribution in [2.45, 2.75) is 37.8 Å². The third-order valence-electron chi connectivity index (χ3n) is 2.94. The third kappa shape index (κ3) is 2.65. The van der Waals surface area contributed by atoms with Crippen LogP contribution in [0.3, 0.4) is 0 Å². The van der Waals surface area contributed by atoms with Gasteiger partial charge in [-0.3, -0.25) is 0 Å². The molecule has 2 N–H and O–H groups in total. The maximum atomic E-state index is 6.05. The lowest BCUT2D eigenvalue weighted by Gasteiger charge is -2.18. The monoisotopic (exact) mass is 241 g/mol. The predicted octanol–water partition coefficient (Wildman–Crippen LogP) is 0.782. The van der Waals surface area contributed by atoms with E-state index < -0.39 is 5.54 Å². The Labute approximate surface area is 100 Å². The van der Waals surface area contributed by atoms with Gasteiger partial charge < -0.3 is 19.7 Å². The molecule has 3 atom stereocenters. The van der Waals surface area contributed by atoms with E-state index in [2.05, 4.69) is 10.1 Å². The summed E-state index contributed by atoms with van der Waals surface area (Å²) in [5, 5.41) is 3.93. The SMILES string of the molecule is COCC(C)(N)c1noc(C2COC(C)C2)n1. The molecule has 2 heterocycles. The standard InChI is InChI=1S/C11H19N3O3/c1-7-4-8(5-16-7)9-13-10(14-17-9)11(2,12)6-15-3/h7-8H,4-6,12H2,1-3H3. The highest BCUT2D eigenvalue weighted by molar-refractivity contribution is 5.05. The summed E-state index contributed by atoms with van der Waals surface area (Å²) in [5.41, 5.74) is 5.33. The van der Waals surface area contributed by atoms with E-state index in [-0.39, 0.29) is 12.0 Å². The fourth-order valence-corrected chi connectivity index (χ4v) is 1.99. The van der Waals surface area contributed by atoms with E-state index in [0.717, 1.165) is 6.42 Å². The van der Waals surface area contributed by atoms with Crippen LogP contribution in [0.25, 0.3) is 0 Å². The molecule has 0 aliphatic carbocycles. The molecule has 1 aromatic heterocycles. The molecule has 3 unspecified atom stereocenters. The van der Waals surface area contributed by atoms with Gasteiger partial charge in [0.25, 0.3) is 0 Å². The van der Waals surface area contributed by atoms with Crippen molar-refractivity contribution in [3.63, 3.8) is 0 Å². The summed E-state index contributed by atoms with van der Waals surface area (Å²) in [7, 11) is 1.60. The Bertz CT molecular complexity index is 378. The zero-order chi connectivity index (χ0) is 12.5. The van der Waals surface area contributed by atoms with E-state index in [9.17, 15) is 0 Å². The van der Waals surface area contributed by atoms with Gasteiger partial charge in [-0.25, -0.2) is 0 Å². The van der Waals surface area contributed by atoms with Crippen LogP contribution in [0.4, 0.5) is 0 Å². The van der Waals surface area contributed by atoms with Crippen LogP contribution >= 0.6 is 0 Å². The van der Waals surface area contributed by atoms with Gasteiger partial charge in [-0.15, -0.1) is 0 Å². The van der Waals surface area contributed by atoms with Crippen LogP contribution in [0.5, 0.6) is 0 Å². The van der Waals surface area contributed by atoms with Gasteiger partial charge in [-0.05, 0) is 20.3 Å². The third-order valence-corrected chi connectivity index (χ3v) is 2.94. The maximum absolute atomic E-state index is 6.05. The first-order valence-corrected chi connectivity index (χ1v) is 5.76. The zero-order valence-corrected chi connectivity index (χ0v) is 10.5. The van der Waals surface area contributed by atoms with Crippen molar-refractivity contribution in [3.8, 4) is 0 Å². The number of aromatic nitrogens is 2. The Morgan fingerprint density at radius 1 is 1.59 bits per heavy atom. The Kier molecular flexibility index (Phi) is 3.46. The summed E-state index contributed by atoms with van der Waals surface area (Å²) in [5.74, 6) is 1.27. The molecule has 1 aliphatic heterocycles. The van der Waals surface area contributed by atoms with Crippen LogP contribution in [-0.2, 0) is 15.0 Å². The summed E-state index contributed by atoms with van der Waals surface area (Å²) in [6.45, 7) is 4.84. The first-order chi connectivity index (χ1) is 8.03. The lowest BCUT2D eigenvalue weighted by molar-refractivity contribution is 0.122. The molecule has 1 fully saturated rings. The molecule has 2 rings (SSSR count). The lowest BCUT2D eigenvalue weighted by atomic mass is 10.0. The van der Waals surface area contributed by atoms with E-state index in [1.807, 2.05) is 13.8 Å². The predicted molar refractivity (Wildman–Crippen MR) is 60.5 cm³/mol. The second-order valence-corrected chi connectivity index (χ2v) is 4.88. The fraction of sp³-hybridized carbons (Fsp3) is 0.818. The first kappa shape index (κ1) is 12.5. The molecule has 0 bridgehead atoms. The largest absolute Gasteiger partial charge is 0.382 e. The Balaban J connectivity index is 2.10. The molecule has 6 nitrogen and oxygen atoms in total. The van der Waals surface area contributed by atoms with Gasteiger partial charge in [0.15, 0.2) is 5.82 Å². The summed E-state index contributed by atoms with van der Waals surface area (Å²) >= 11 is 0. The normalized spacial score (nSPS) is 28.2. The summed E-state index contributed by atoms with van der Waals surface area (Å²) < 4.78 is 15.8. The van der Waals surface area contributed by atoms with Crippen LogP contribution in [0.2, 0.25) is 0 Å². The van der Waals surface area contributed by atoms with E-state index >= 15 is 0 Å². The van der Waals surface area contributed by atoms with E-state index in [1.54, 1.807) is 7.11 Å². The van der Waals surface area contributed by atoms with Crippen molar-refractivity contribution >= 4 is 0 Å². The number of nitrogens with zero attached hydrogens (tertiary/aromatic N) is 2. The molecule has 0 radical (unpaired) electrons. The van der Waals surface area contributed by atoms with Crippen LogP contribution in [0.15, 0.2) is 4.52 Å². The van der Waals surface area contributed by atoms with Crippen molar-refractivity contribution in [1.82, 2.24) is 10.1 Å². The molecule has 96 valence electrons. The molecule has 1 aliphatic rings. The fourth-order valence-electron chi connectivity index (χ4n) is 1.99. The van der Waals surface area contributed by atoms with Gasteiger partial charge in [0.1, 0.15) is 5.54 Å². The molecule has 1 saturated heterocycles. The summed E-state index contributed by atoms with van der Waals surface area (Å²) in [6, 6.07) is 0. The van der Waals surface area contributed by atoms with Crippen molar-refractivity contribution in [2.75, 3.05) is 20.3 Å². The highest BCUT2D eigenvalue weighted by atomic mass is 16.5. The lowest BCUT2D eigenvalue weighted by Crippen LogP contribution is -2.39. The minimum atomic E-state index is -0.721. The topological polar surface area (TPSA) is 83.4 Å². The second kappa shape index (κ2) is 4.72. The summed E-state index contributed by atoms with van der Waals surface area (Å²) in [4.78, 5) is 4.35. The first-order valence-electron chi connectivity index (χ1n) is 5.76. The second-order valence-electron chi connectivity index (χ2n) is 4.88. The van der Waals surface area contributed by atoms with Gasteiger partial charge in [0.05, 0.1) is 25.2 Å². The Morgan fingerprint density at radius 2 is 2.35 bits per heavy atom. The zero-order valence-electron chi connectivity index (χ0n) is 10.5. The van der Waals surface area contributed by atoms with Crippen molar-refractivity contribution in [3.05, 3.63) is 11.7 Å². The highest BCUT2D eigenvalue weighted by Crippen LogP contribution is 2.28. The molecule has 0 spiro atoms. The number of ether oxygens (including phenoxy) is 2. The molecular weight excluding hydrogens is 222 g/mol. The molecule has 0 amide bonds. The van der Waals surface area contributed by atoms with Crippen LogP contribution < -0.4 is 5.73 Å². The summed E-state index contributed by atoms with van der Waals surface area (Å²) in [6.07, 6.45) is 1.16. The number of nitrogens with two attached hydrogens (primary N) is 1. The van der Waals surface area contributed by atoms with Crippen molar-refractivity contribution in [2.24, 2.45) is 5.73 Å². The van der Waals surface area contributed by atoms with Gasteiger partial charge in [-0.2, -0.15) is 4.98 Å². The minimum absolute atomic E-state index is 0.185. The van der Waals surface area contributed by atoms with E-state index in [1.165, 1.54) is 0 Å². The quantitative estimate of drug-likeness (QED) is 0.838.